The van der Waals surface area contributed by atoms with Gasteiger partial charge in [0.15, 0.2) is 0 Å². The minimum atomic E-state index is -0.475. The highest BCUT2D eigenvalue weighted by Crippen LogP contribution is 2.33. The van der Waals surface area contributed by atoms with Gasteiger partial charge >= 0.3 is 0 Å². The summed E-state index contributed by atoms with van der Waals surface area (Å²) in [5.74, 6) is -0.945. The van der Waals surface area contributed by atoms with Crippen LogP contribution in [0.5, 0.6) is 0 Å². The number of nitrogen functional groups attached to an aromatic ring is 1. The lowest BCUT2D eigenvalue weighted by molar-refractivity contribution is 0.577. The lowest BCUT2D eigenvalue weighted by Gasteiger charge is -2.05. The Balaban J connectivity index is 2.34. The van der Waals surface area contributed by atoms with Gasteiger partial charge < -0.3 is 5.73 Å². The van der Waals surface area contributed by atoms with E-state index in [0.717, 1.165) is 30.0 Å². The molecule has 2 nitrogen and oxygen atoms in total. The molecule has 0 saturated carbocycles. The Kier molecular flexibility index (Phi) is 3.05. The third-order valence-electron chi connectivity index (χ3n) is 1.92. The van der Waals surface area contributed by atoms with Crippen LogP contribution in [0.2, 0.25) is 0 Å². The second-order valence-corrected chi connectivity index (χ2v) is 4.17. The van der Waals surface area contributed by atoms with Crippen LogP contribution in [0.3, 0.4) is 0 Å². The highest BCUT2D eigenvalue weighted by Gasteiger charge is 2.07. The van der Waals surface area contributed by atoms with Gasteiger partial charge in [0.25, 0.3) is 0 Å². The molecule has 0 bridgehead atoms. The van der Waals surface area contributed by atoms with Crippen molar-refractivity contribution in [1.82, 2.24) is 4.98 Å². The zero-order chi connectivity index (χ0) is 11.5. The van der Waals surface area contributed by atoms with Crippen LogP contribution >= 0.6 is 11.8 Å². The molecule has 0 atom stereocenters. The Morgan fingerprint density at radius 1 is 1.12 bits per heavy atom. The van der Waals surface area contributed by atoms with Gasteiger partial charge in [-0.25, -0.2) is 8.78 Å². The normalized spacial score (nSPS) is 10.4. The first-order valence-electron chi connectivity index (χ1n) is 4.49. The van der Waals surface area contributed by atoms with E-state index in [1.807, 2.05) is 0 Å². The van der Waals surface area contributed by atoms with Crippen molar-refractivity contribution in [3.8, 4) is 0 Å². The zero-order valence-electron chi connectivity index (χ0n) is 8.15. The SMILES string of the molecule is Nc1cnccc1Sc1cc(F)ccc1F. The number of halogens is 2. The Morgan fingerprint density at radius 3 is 2.69 bits per heavy atom. The molecule has 0 unspecified atom stereocenters. The van der Waals surface area contributed by atoms with Gasteiger partial charge in [0.1, 0.15) is 11.6 Å². The third-order valence-corrected chi connectivity index (χ3v) is 3.05. The topological polar surface area (TPSA) is 38.9 Å². The molecule has 5 heteroatoms. The fraction of sp³-hybridized carbons (Fsp3) is 0. The number of nitrogens with zero attached hydrogens (tertiary/aromatic N) is 1. The second kappa shape index (κ2) is 4.49. The van der Waals surface area contributed by atoms with Gasteiger partial charge in [-0.05, 0) is 24.3 Å². The van der Waals surface area contributed by atoms with E-state index in [2.05, 4.69) is 4.98 Å². The smallest absolute Gasteiger partial charge is 0.137 e. The van der Waals surface area contributed by atoms with Gasteiger partial charge in [0.2, 0.25) is 0 Å². The molecule has 82 valence electrons. The quantitative estimate of drug-likeness (QED) is 0.873. The number of aromatic nitrogens is 1. The van der Waals surface area contributed by atoms with Gasteiger partial charge in [0, 0.05) is 11.1 Å². The number of rotatable bonds is 2. The largest absolute Gasteiger partial charge is 0.397 e. The zero-order valence-corrected chi connectivity index (χ0v) is 8.97. The predicted molar refractivity (Wildman–Crippen MR) is 59.1 cm³/mol. The monoisotopic (exact) mass is 238 g/mol. The predicted octanol–water partition coefficient (Wildman–Crippen LogP) is 3.09. The van der Waals surface area contributed by atoms with E-state index in [1.165, 1.54) is 6.20 Å². The number of benzene rings is 1. The molecule has 2 rings (SSSR count). The highest BCUT2D eigenvalue weighted by molar-refractivity contribution is 7.99. The molecule has 0 amide bonds. The molecule has 0 saturated heterocycles. The van der Waals surface area contributed by atoms with Crippen molar-refractivity contribution in [3.63, 3.8) is 0 Å². The average molecular weight is 238 g/mol. The first kappa shape index (κ1) is 10.9. The van der Waals surface area contributed by atoms with E-state index < -0.39 is 11.6 Å². The summed E-state index contributed by atoms with van der Waals surface area (Å²) in [6.45, 7) is 0. The maximum atomic E-state index is 13.3. The van der Waals surface area contributed by atoms with Crippen LogP contribution in [-0.2, 0) is 0 Å². The summed E-state index contributed by atoms with van der Waals surface area (Å²) in [5, 5.41) is 0. The van der Waals surface area contributed by atoms with Crippen LogP contribution in [0.1, 0.15) is 0 Å². The Bertz CT molecular complexity index is 517. The van der Waals surface area contributed by atoms with Gasteiger partial charge in [-0.2, -0.15) is 0 Å². The summed E-state index contributed by atoms with van der Waals surface area (Å²) in [7, 11) is 0. The number of hydrogen-bond acceptors (Lipinski definition) is 3. The van der Waals surface area contributed by atoms with Crippen molar-refractivity contribution in [1.29, 1.82) is 0 Å². The molecule has 0 spiro atoms. The molecule has 1 heterocycles. The van der Waals surface area contributed by atoms with Crippen molar-refractivity contribution in [2.45, 2.75) is 9.79 Å². The number of pyridine rings is 1. The van der Waals surface area contributed by atoms with Crippen LogP contribution in [-0.4, -0.2) is 4.98 Å². The Morgan fingerprint density at radius 2 is 1.94 bits per heavy atom. The van der Waals surface area contributed by atoms with E-state index in [4.69, 9.17) is 5.73 Å². The van der Waals surface area contributed by atoms with Crippen LogP contribution in [0, 0.1) is 11.6 Å². The maximum Gasteiger partial charge on any atom is 0.137 e. The van der Waals surface area contributed by atoms with Crippen LogP contribution in [0.15, 0.2) is 46.5 Å². The molecule has 0 aliphatic rings. The molecule has 0 aliphatic heterocycles. The molecule has 1 aromatic carbocycles. The molecule has 1 aromatic heterocycles. The fourth-order valence-corrected chi connectivity index (χ4v) is 2.03. The fourth-order valence-electron chi connectivity index (χ4n) is 1.16. The van der Waals surface area contributed by atoms with Crippen molar-refractivity contribution < 1.29 is 8.78 Å². The average Bonchev–Trinajstić information content (AvgIpc) is 2.27. The molecule has 2 N–H and O–H groups in total. The van der Waals surface area contributed by atoms with Crippen molar-refractivity contribution in [3.05, 3.63) is 48.3 Å². The van der Waals surface area contributed by atoms with E-state index in [-0.39, 0.29) is 4.90 Å². The van der Waals surface area contributed by atoms with E-state index in [1.54, 1.807) is 12.3 Å². The van der Waals surface area contributed by atoms with Crippen LogP contribution < -0.4 is 5.73 Å². The molecular weight excluding hydrogens is 230 g/mol. The Hall–Kier alpha value is -1.62. The second-order valence-electron chi connectivity index (χ2n) is 3.09. The van der Waals surface area contributed by atoms with Crippen LogP contribution in [0.25, 0.3) is 0 Å². The summed E-state index contributed by atoms with van der Waals surface area (Å²) >= 11 is 1.07. The first-order chi connectivity index (χ1) is 7.66. The van der Waals surface area contributed by atoms with Gasteiger partial charge in [-0.15, -0.1) is 0 Å². The standard InChI is InChI=1S/C11H8F2N2S/c12-7-1-2-8(13)11(5-7)16-10-3-4-15-6-9(10)14/h1-6H,14H2. The summed E-state index contributed by atoms with van der Waals surface area (Å²) in [5.41, 5.74) is 6.10. The highest BCUT2D eigenvalue weighted by atomic mass is 32.2. The van der Waals surface area contributed by atoms with Crippen LogP contribution in [0.4, 0.5) is 14.5 Å². The van der Waals surface area contributed by atoms with E-state index in [9.17, 15) is 8.78 Å². The van der Waals surface area contributed by atoms with Crippen molar-refractivity contribution in [2.75, 3.05) is 5.73 Å². The third kappa shape index (κ3) is 2.30. The lowest BCUT2D eigenvalue weighted by Crippen LogP contribution is -1.90. The number of anilines is 1. The molecule has 0 fully saturated rings. The van der Waals surface area contributed by atoms with Gasteiger partial charge in [-0.1, -0.05) is 11.8 Å². The summed E-state index contributed by atoms with van der Waals surface area (Å²) in [6, 6.07) is 4.97. The molecule has 0 radical (unpaired) electrons. The van der Waals surface area contributed by atoms with Crippen molar-refractivity contribution in [2.24, 2.45) is 0 Å². The van der Waals surface area contributed by atoms with E-state index >= 15 is 0 Å². The number of hydrogen-bond donors (Lipinski definition) is 1. The maximum absolute atomic E-state index is 13.3. The van der Waals surface area contributed by atoms with E-state index in [0.29, 0.717) is 10.6 Å². The molecular formula is C11H8F2N2S. The van der Waals surface area contributed by atoms with Gasteiger partial charge in [-0.3, -0.25) is 4.98 Å². The summed E-state index contributed by atoms with van der Waals surface area (Å²) < 4.78 is 26.3. The first-order valence-corrected chi connectivity index (χ1v) is 5.31. The Labute approximate surface area is 95.5 Å². The molecule has 16 heavy (non-hydrogen) atoms. The minimum absolute atomic E-state index is 0.206. The number of nitrogens with two attached hydrogens (primary N) is 1. The molecule has 0 aliphatic carbocycles. The molecule has 2 aromatic rings. The minimum Gasteiger partial charge on any atom is -0.397 e. The van der Waals surface area contributed by atoms with Crippen molar-refractivity contribution >= 4 is 17.4 Å². The lowest BCUT2D eigenvalue weighted by atomic mass is 10.3. The summed E-state index contributed by atoms with van der Waals surface area (Å²) in [6.07, 6.45) is 3.02. The van der Waals surface area contributed by atoms with Gasteiger partial charge in [0.05, 0.1) is 16.8 Å². The summed E-state index contributed by atoms with van der Waals surface area (Å²) in [4.78, 5) is 4.68.